The van der Waals surface area contributed by atoms with Gasteiger partial charge in [0.15, 0.2) is 0 Å². The summed E-state index contributed by atoms with van der Waals surface area (Å²) in [6, 6.07) is 15.2. The SMILES string of the molecule is O=C(O)c1ccc(CCC(=O)N2CCNC(=O)[C@H]2c2ccccc2)cc1. The first-order valence-corrected chi connectivity index (χ1v) is 8.50. The van der Waals surface area contributed by atoms with Crippen molar-refractivity contribution in [2.75, 3.05) is 13.1 Å². The van der Waals surface area contributed by atoms with E-state index < -0.39 is 12.0 Å². The van der Waals surface area contributed by atoms with E-state index in [4.69, 9.17) is 5.11 Å². The molecular weight excluding hydrogens is 332 g/mol. The van der Waals surface area contributed by atoms with Crippen molar-refractivity contribution in [2.45, 2.75) is 18.9 Å². The maximum absolute atomic E-state index is 12.7. The number of hydrogen-bond acceptors (Lipinski definition) is 3. The lowest BCUT2D eigenvalue weighted by molar-refractivity contribution is -0.143. The minimum absolute atomic E-state index is 0.0870. The van der Waals surface area contributed by atoms with Gasteiger partial charge in [0.05, 0.1) is 5.56 Å². The van der Waals surface area contributed by atoms with Crippen molar-refractivity contribution in [2.24, 2.45) is 0 Å². The van der Waals surface area contributed by atoms with Crippen molar-refractivity contribution >= 4 is 17.8 Å². The molecule has 0 bridgehead atoms. The molecule has 0 unspecified atom stereocenters. The Labute approximate surface area is 151 Å². The van der Waals surface area contributed by atoms with Crippen molar-refractivity contribution < 1.29 is 19.5 Å². The van der Waals surface area contributed by atoms with E-state index in [0.29, 0.717) is 19.5 Å². The summed E-state index contributed by atoms with van der Waals surface area (Å²) in [6.45, 7) is 0.920. The second-order valence-electron chi connectivity index (χ2n) is 6.19. The van der Waals surface area contributed by atoms with Gasteiger partial charge in [0.25, 0.3) is 0 Å². The van der Waals surface area contributed by atoms with E-state index in [0.717, 1.165) is 11.1 Å². The lowest BCUT2D eigenvalue weighted by Crippen LogP contribution is -2.52. The number of carbonyl (C=O) groups excluding carboxylic acids is 2. The number of carbonyl (C=O) groups is 3. The van der Waals surface area contributed by atoms with Gasteiger partial charge in [-0.25, -0.2) is 4.79 Å². The Balaban J connectivity index is 1.69. The lowest BCUT2D eigenvalue weighted by atomic mass is 10.0. The smallest absolute Gasteiger partial charge is 0.335 e. The molecule has 1 saturated heterocycles. The molecule has 26 heavy (non-hydrogen) atoms. The van der Waals surface area contributed by atoms with Crippen LogP contribution in [0.15, 0.2) is 54.6 Å². The van der Waals surface area contributed by atoms with Gasteiger partial charge in [-0.2, -0.15) is 0 Å². The number of rotatable bonds is 5. The van der Waals surface area contributed by atoms with Gasteiger partial charge in [-0.15, -0.1) is 0 Å². The Bertz CT molecular complexity index is 802. The fourth-order valence-corrected chi connectivity index (χ4v) is 3.11. The zero-order chi connectivity index (χ0) is 18.5. The molecule has 1 aliphatic rings. The lowest BCUT2D eigenvalue weighted by Gasteiger charge is -2.35. The summed E-state index contributed by atoms with van der Waals surface area (Å²) in [5.41, 5.74) is 1.90. The second kappa shape index (κ2) is 7.82. The normalized spacial score (nSPS) is 16.8. The van der Waals surface area contributed by atoms with Crippen LogP contribution in [0.4, 0.5) is 0 Å². The van der Waals surface area contributed by atoms with E-state index in [2.05, 4.69) is 5.32 Å². The monoisotopic (exact) mass is 352 g/mol. The van der Waals surface area contributed by atoms with Crippen molar-refractivity contribution in [3.8, 4) is 0 Å². The third-order valence-electron chi connectivity index (χ3n) is 4.48. The predicted molar refractivity (Wildman–Crippen MR) is 95.6 cm³/mol. The van der Waals surface area contributed by atoms with Gasteiger partial charge in [0.1, 0.15) is 6.04 Å². The molecule has 2 amide bonds. The number of nitrogens with zero attached hydrogens (tertiary/aromatic N) is 1. The molecule has 1 aliphatic heterocycles. The average molecular weight is 352 g/mol. The van der Waals surface area contributed by atoms with E-state index >= 15 is 0 Å². The number of benzene rings is 2. The Morgan fingerprint density at radius 1 is 1.08 bits per heavy atom. The number of carboxylic acids is 1. The summed E-state index contributed by atoms with van der Waals surface area (Å²) in [5.74, 6) is -1.23. The Morgan fingerprint density at radius 3 is 2.42 bits per heavy atom. The topological polar surface area (TPSA) is 86.7 Å². The van der Waals surface area contributed by atoms with Crippen LogP contribution in [0.1, 0.15) is 33.9 Å². The van der Waals surface area contributed by atoms with Crippen LogP contribution in [0.25, 0.3) is 0 Å². The predicted octanol–water partition coefficient (Wildman–Crippen LogP) is 2.02. The third kappa shape index (κ3) is 3.91. The zero-order valence-electron chi connectivity index (χ0n) is 14.2. The van der Waals surface area contributed by atoms with Gasteiger partial charge in [-0.1, -0.05) is 42.5 Å². The third-order valence-corrected chi connectivity index (χ3v) is 4.48. The molecule has 134 valence electrons. The molecule has 0 saturated carbocycles. The molecular formula is C20H20N2O4. The van der Waals surface area contributed by atoms with E-state index in [9.17, 15) is 14.4 Å². The van der Waals surface area contributed by atoms with Crippen LogP contribution < -0.4 is 5.32 Å². The summed E-state index contributed by atoms with van der Waals surface area (Å²) in [5, 5.41) is 11.7. The molecule has 0 aliphatic carbocycles. The van der Waals surface area contributed by atoms with E-state index in [1.807, 2.05) is 30.3 Å². The highest BCUT2D eigenvalue weighted by atomic mass is 16.4. The first kappa shape index (κ1) is 17.7. The van der Waals surface area contributed by atoms with Crippen LogP contribution in [0.2, 0.25) is 0 Å². The molecule has 6 heteroatoms. The van der Waals surface area contributed by atoms with Crippen LogP contribution in [0.5, 0.6) is 0 Å². The fraction of sp³-hybridized carbons (Fsp3) is 0.250. The number of nitrogens with one attached hydrogen (secondary N) is 1. The van der Waals surface area contributed by atoms with E-state index in [1.165, 1.54) is 12.1 Å². The van der Waals surface area contributed by atoms with E-state index in [-0.39, 0.29) is 23.8 Å². The summed E-state index contributed by atoms with van der Waals surface area (Å²) >= 11 is 0. The Hall–Kier alpha value is -3.15. The van der Waals surface area contributed by atoms with Crippen LogP contribution in [-0.4, -0.2) is 40.9 Å². The van der Waals surface area contributed by atoms with Crippen LogP contribution >= 0.6 is 0 Å². The molecule has 0 spiro atoms. The number of aryl methyl sites for hydroxylation is 1. The first-order valence-electron chi connectivity index (χ1n) is 8.50. The first-order chi connectivity index (χ1) is 12.6. The Kier molecular flexibility index (Phi) is 5.31. The van der Waals surface area contributed by atoms with Crippen molar-refractivity contribution in [3.63, 3.8) is 0 Å². The maximum atomic E-state index is 12.7. The number of amides is 2. The Morgan fingerprint density at radius 2 is 1.77 bits per heavy atom. The van der Waals surface area contributed by atoms with Gasteiger partial charge in [0, 0.05) is 19.5 Å². The summed E-state index contributed by atoms with van der Waals surface area (Å²) < 4.78 is 0. The largest absolute Gasteiger partial charge is 0.478 e. The highest BCUT2D eigenvalue weighted by Gasteiger charge is 2.33. The number of carboxylic acid groups (broad SMARTS) is 1. The molecule has 2 N–H and O–H groups in total. The van der Waals surface area contributed by atoms with E-state index in [1.54, 1.807) is 17.0 Å². The van der Waals surface area contributed by atoms with Crippen LogP contribution in [0, 0.1) is 0 Å². The summed E-state index contributed by atoms with van der Waals surface area (Å²) in [6.07, 6.45) is 0.765. The van der Waals surface area contributed by atoms with Gasteiger partial charge in [-0.3, -0.25) is 9.59 Å². The van der Waals surface area contributed by atoms with Crippen LogP contribution in [0.3, 0.4) is 0 Å². The number of aromatic carboxylic acids is 1. The van der Waals surface area contributed by atoms with Crippen molar-refractivity contribution in [1.82, 2.24) is 10.2 Å². The summed E-state index contributed by atoms with van der Waals surface area (Å²) in [7, 11) is 0. The van der Waals surface area contributed by atoms with Gasteiger partial charge < -0.3 is 15.3 Å². The highest BCUT2D eigenvalue weighted by molar-refractivity contribution is 5.90. The standard InChI is InChI=1S/C20H20N2O4/c23-17(11-8-14-6-9-16(10-7-14)20(25)26)22-13-12-21-19(24)18(22)15-4-2-1-3-5-15/h1-7,9-10,18H,8,11-13H2,(H,21,24)(H,25,26)/t18-/m1/s1. The zero-order valence-corrected chi connectivity index (χ0v) is 14.2. The molecule has 0 radical (unpaired) electrons. The quantitative estimate of drug-likeness (QED) is 0.862. The molecule has 1 heterocycles. The van der Waals surface area contributed by atoms with Crippen molar-refractivity contribution in [1.29, 1.82) is 0 Å². The molecule has 1 fully saturated rings. The molecule has 1 atom stereocenters. The summed E-state index contributed by atoms with van der Waals surface area (Å²) in [4.78, 5) is 37.6. The number of piperazine rings is 1. The fourth-order valence-electron chi connectivity index (χ4n) is 3.11. The van der Waals surface area contributed by atoms with Crippen LogP contribution in [-0.2, 0) is 16.0 Å². The molecule has 6 nitrogen and oxygen atoms in total. The van der Waals surface area contributed by atoms with Gasteiger partial charge in [-0.05, 0) is 29.7 Å². The second-order valence-corrected chi connectivity index (χ2v) is 6.19. The maximum Gasteiger partial charge on any atom is 0.335 e. The van der Waals surface area contributed by atoms with Gasteiger partial charge >= 0.3 is 5.97 Å². The molecule has 2 aromatic carbocycles. The minimum atomic E-state index is -0.974. The molecule has 3 rings (SSSR count). The van der Waals surface area contributed by atoms with Crippen molar-refractivity contribution in [3.05, 3.63) is 71.3 Å². The van der Waals surface area contributed by atoms with Gasteiger partial charge in [0.2, 0.25) is 11.8 Å². The number of hydrogen-bond donors (Lipinski definition) is 2. The average Bonchev–Trinajstić information content (AvgIpc) is 2.67. The highest BCUT2D eigenvalue weighted by Crippen LogP contribution is 2.24. The molecule has 2 aromatic rings. The minimum Gasteiger partial charge on any atom is -0.478 e. The molecule has 0 aromatic heterocycles.